The first-order valence-corrected chi connectivity index (χ1v) is 12.7. The van der Waals surface area contributed by atoms with E-state index in [1.54, 1.807) is 24.3 Å². The van der Waals surface area contributed by atoms with Crippen LogP contribution in [0.25, 0.3) is 0 Å². The van der Waals surface area contributed by atoms with Crippen molar-refractivity contribution in [2.75, 3.05) is 0 Å². The Bertz CT molecular complexity index is 1210. The lowest BCUT2D eigenvalue weighted by atomic mass is 10.2. The zero-order valence-electron chi connectivity index (χ0n) is 17.8. The summed E-state index contributed by atoms with van der Waals surface area (Å²) in [6.45, 7) is 0. The van der Waals surface area contributed by atoms with Crippen molar-refractivity contribution in [1.82, 2.24) is 5.32 Å². The highest BCUT2D eigenvalue weighted by molar-refractivity contribution is 8.00. The van der Waals surface area contributed by atoms with E-state index in [4.69, 9.17) is 12.6 Å². The number of hydrogen-bond donors (Lipinski definition) is 2. The van der Waals surface area contributed by atoms with Crippen LogP contribution in [0, 0.1) is 11.3 Å². The van der Waals surface area contributed by atoms with E-state index in [0.717, 1.165) is 15.9 Å². The van der Waals surface area contributed by atoms with Gasteiger partial charge in [-0.05, 0) is 48.5 Å². The Kier molecular flexibility index (Phi) is 7.05. The zero-order valence-corrected chi connectivity index (χ0v) is 19.6. The Balaban J connectivity index is 2.00. The summed E-state index contributed by atoms with van der Waals surface area (Å²) in [4.78, 5) is 12.9. The maximum absolute atomic E-state index is 12.9. The summed E-state index contributed by atoms with van der Waals surface area (Å²) in [6, 6.07) is 41.4. The molecule has 0 aliphatic heterocycles. The fourth-order valence-corrected chi connectivity index (χ4v) is 8.56. The number of carbonyl (C=O) groups excluding carboxylic acids is 1. The molecule has 3 nitrogen and oxygen atoms in total. The van der Waals surface area contributed by atoms with Crippen LogP contribution in [0.3, 0.4) is 0 Å². The first-order valence-electron chi connectivity index (χ1n) is 10.4. The van der Waals surface area contributed by atoms with Gasteiger partial charge in [0.25, 0.3) is 5.91 Å². The fraction of sp³-hybridized carbons (Fsp3) is 0. The molecule has 0 unspecified atom stereocenters. The molecule has 0 aliphatic rings. The molecule has 0 saturated heterocycles. The number of nitrogens with zero attached hydrogens (tertiary/aromatic N) is 1. The quantitative estimate of drug-likeness (QED) is 0.238. The average Bonchev–Trinajstić information content (AvgIpc) is 2.89. The maximum Gasteiger partial charge on any atom is 0.256 e. The molecule has 0 spiro atoms. The molecule has 4 aromatic rings. The molecule has 0 radical (unpaired) electrons. The second kappa shape index (κ2) is 10.3. The third-order valence-corrected chi connectivity index (χ3v) is 10.1. The van der Waals surface area contributed by atoms with Gasteiger partial charge in [0.15, 0.2) is 7.26 Å². The molecular weight excluding hydrogens is 443 g/mol. The van der Waals surface area contributed by atoms with Crippen LogP contribution in [0.15, 0.2) is 132 Å². The van der Waals surface area contributed by atoms with Crippen LogP contribution in [0.5, 0.6) is 0 Å². The summed E-state index contributed by atoms with van der Waals surface area (Å²) in [5.74, 6) is -0.305. The average molecular weight is 466 g/mol. The first kappa shape index (κ1) is 22.6. The standard InChI is InChI=1S/C28H21N2OPS/c29-21-26(28(33)30-27(31)22-13-5-1-6-14-22)32(23-15-7-2-8-16-23,24-17-9-3-10-18-24)25-19-11-4-12-20-25/h1-20H,(H-,30,31,33)/p+1/b28-26-. The topological polar surface area (TPSA) is 52.9 Å². The summed E-state index contributed by atoms with van der Waals surface area (Å²) in [5.41, 5.74) is 0.504. The van der Waals surface area contributed by atoms with E-state index in [2.05, 4.69) is 11.4 Å². The third-order valence-electron chi connectivity index (χ3n) is 5.36. The summed E-state index contributed by atoms with van der Waals surface area (Å²) >= 11 is 4.69. The van der Waals surface area contributed by atoms with Crippen molar-refractivity contribution in [3.8, 4) is 6.07 Å². The highest BCUT2D eigenvalue weighted by atomic mass is 32.1. The molecule has 0 saturated carbocycles. The van der Waals surface area contributed by atoms with Gasteiger partial charge in [-0.3, -0.25) is 4.79 Å². The Morgan fingerprint density at radius 2 is 1.03 bits per heavy atom. The van der Waals surface area contributed by atoms with Gasteiger partial charge in [-0.2, -0.15) is 5.26 Å². The van der Waals surface area contributed by atoms with Gasteiger partial charge in [0, 0.05) is 5.56 Å². The van der Waals surface area contributed by atoms with Crippen molar-refractivity contribution < 1.29 is 4.79 Å². The molecule has 0 aromatic heterocycles. The Labute approximate surface area is 200 Å². The van der Waals surface area contributed by atoms with Crippen LogP contribution in [0.4, 0.5) is 0 Å². The molecule has 0 heterocycles. The molecule has 0 aliphatic carbocycles. The third kappa shape index (κ3) is 4.47. The maximum atomic E-state index is 12.9. The lowest BCUT2D eigenvalue weighted by Crippen LogP contribution is -2.34. The Morgan fingerprint density at radius 1 is 0.667 bits per heavy atom. The van der Waals surface area contributed by atoms with Crippen LogP contribution in [-0.4, -0.2) is 5.91 Å². The lowest BCUT2D eigenvalue weighted by Gasteiger charge is -2.27. The predicted octanol–water partition coefficient (Wildman–Crippen LogP) is 5.03. The second-order valence-corrected chi connectivity index (χ2v) is 11.1. The van der Waals surface area contributed by atoms with E-state index in [0.29, 0.717) is 10.9 Å². The van der Waals surface area contributed by atoms with Crippen LogP contribution >= 0.6 is 19.9 Å². The first-order chi connectivity index (χ1) is 16.2. The van der Waals surface area contributed by atoms with Gasteiger partial charge in [0.1, 0.15) is 27.0 Å². The monoisotopic (exact) mass is 465 g/mol. The SMILES string of the molecule is N#C/C(=C(/S)NC(=O)c1ccccc1)[P+](c1ccccc1)(c1ccccc1)c1ccccc1. The number of carbonyl (C=O) groups is 1. The zero-order chi connectivity index (χ0) is 23.1. The van der Waals surface area contributed by atoms with Crippen LogP contribution in [-0.2, 0) is 0 Å². The van der Waals surface area contributed by atoms with Crippen molar-refractivity contribution in [3.05, 3.63) is 137 Å². The highest BCUT2D eigenvalue weighted by Crippen LogP contribution is 2.63. The molecule has 0 fully saturated rings. The van der Waals surface area contributed by atoms with Crippen molar-refractivity contribution in [2.45, 2.75) is 0 Å². The van der Waals surface area contributed by atoms with E-state index in [1.165, 1.54) is 0 Å². The van der Waals surface area contributed by atoms with E-state index in [1.807, 2.05) is 97.1 Å². The minimum absolute atomic E-state index is 0.260. The van der Waals surface area contributed by atoms with Gasteiger partial charge in [-0.1, -0.05) is 72.8 Å². The van der Waals surface area contributed by atoms with Gasteiger partial charge in [-0.15, -0.1) is 12.6 Å². The summed E-state index contributed by atoms with van der Waals surface area (Å²) in [5, 5.41) is 17.1. The summed E-state index contributed by atoms with van der Waals surface area (Å²) in [7, 11) is -2.64. The van der Waals surface area contributed by atoms with Gasteiger partial charge in [0.2, 0.25) is 5.31 Å². The number of thiol groups is 1. The molecule has 4 rings (SSSR count). The number of amides is 1. The molecule has 1 amide bonds. The number of hydrogen-bond acceptors (Lipinski definition) is 3. The molecule has 160 valence electrons. The summed E-state index contributed by atoms with van der Waals surface area (Å²) < 4.78 is 0. The van der Waals surface area contributed by atoms with Crippen molar-refractivity contribution in [3.63, 3.8) is 0 Å². The van der Waals surface area contributed by atoms with Crippen LogP contribution in [0.1, 0.15) is 10.4 Å². The van der Waals surface area contributed by atoms with E-state index >= 15 is 0 Å². The molecule has 5 heteroatoms. The van der Waals surface area contributed by atoms with Crippen LogP contribution in [0.2, 0.25) is 0 Å². The van der Waals surface area contributed by atoms with Crippen molar-refractivity contribution >= 4 is 41.7 Å². The van der Waals surface area contributed by atoms with Crippen LogP contribution < -0.4 is 21.2 Å². The van der Waals surface area contributed by atoms with Gasteiger partial charge in [0.05, 0.1) is 0 Å². The highest BCUT2D eigenvalue weighted by Gasteiger charge is 2.51. The Morgan fingerprint density at radius 3 is 1.39 bits per heavy atom. The number of nitrogens with one attached hydrogen (secondary N) is 1. The van der Waals surface area contributed by atoms with Gasteiger partial charge in [-0.25, -0.2) is 0 Å². The van der Waals surface area contributed by atoms with Crippen molar-refractivity contribution in [2.24, 2.45) is 0 Å². The molecule has 33 heavy (non-hydrogen) atoms. The minimum Gasteiger partial charge on any atom is -0.313 e. The van der Waals surface area contributed by atoms with Gasteiger partial charge < -0.3 is 5.32 Å². The number of rotatable bonds is 6. The number of nitriles is 1. The molecule has 4 aromatic carbocycles. The normalized spacial score (nSPS) is 11.8. The number of allylic oxidation sites excluding steroid dienone is 1. The summed E-state index contributed by atoms with van der Waals surface area (Å²) in [6.07, 6.45) is 0. The van der Waals surface area contributed by atoms with E-state index < -0.39 is 7.26 Å². The van der Waals surface area contributed by atoms with E-state index in [9.17, 15) is 10.1 Å². The fourth-order valence-electron chi connectivity index (χ4n) is 3.90. The largest absolute Gasteiger partial charge is 0.313 e. The van der Waals surface area contributed by atoms with Crippen molar-refractivity contribution in [1.29, 1.82) is 5.26 Å². The lowest BCUT2D eigenvalue weighted by molar-refractivity contribution is 0.0969. The predicted molar refractivity (Wildman–Crippen MR) is 141 cm³/mol. The molecular formula is C28H22N2OPS+. The Hall–Kier alpha value is -3.64. The minimum atomic E-state index is -2.64. The molecule has 0 bridgehead atoms. The smallest absolute Gasteiger partial charge is 0.256 e. The molecule has 0 atom stereocenters. The van der Waals surface area contributed by atoms with Gasteiger partial charge >= 0.3 is 0 Å². The molecule has 1 N–H and O–H groups in total. The number of benzene rings is 4. The van der Waals surface area contributed by atoms with E-state index in [-0.39, 0.29) is 10.9 Å². The second-order valence-electron chi connectivity index (χ2n) is 7.31.